The summed E-state index contributed by atoms with van der Waals surface area (Å²) >= 11 is 0. The zero-order valence-corrected chi connectivity index (χ0v) is 73.7. The minimum Gasteiger partial charge on any atom is -0.311 e. The molecule has 14 aliphatic rings. The third kappa shape index (κ3) is 34.1. The van der Waals surface area contributed by atoms with Crippen LogP contribution < -0.4 is 5.32 Å². The number of piperidine rings is 6. The number of alkyl halides is 1. The standard InChI is InChI=1S/C13H26N2.3C12H24N2.C11H22N2.2C9H17N.C6H14FN.C5H13NO/c1-12(2)14-10-6-13(7-11-14)15-8-4-3-5-9-15;1-11(2)13-9-5-12(6-10-13)14-7-3-4-8-14;2*1-11(2)14-9-5-6-12(14)10-13-7-3-4-8-13;1-9(2)13-7-5-11(6-8-13)12-10-3-4-10;2*1-7(2)10-6-8-3-4-9(10)5-8;1-6(2)8(3)5-4-7;1-5(2)6(3)7-4/h12-13H,3-11H2,1-2H3;3*11-12H,3-10H2,1-2H3;9-12H,3-8H2,1-2H3;2*7-9H,3-6H2,1-2H3;6H,4-5H2,1-3H3;5H,1-4H3/t;;2*12-;;2*8-,9+;;/m..10.10../s1. The Morgan fingerprint density at radius 2 is 0.686 bits per heavy atom. The van der Waals surface area contributed by atoms with E-state index >= 15 is 0 Å². The molecule has 0 unspecified atom stereocenters. The summed E-state index contributed by atoms with van der Waals surface area (Å²) in [5.74, 6) is 2.12. The molecular weight excluding hydrogens is 1300 g/mol. The van der Waals surface area contributed by atoms with Gasteiger partial charge in [-0.2, -0.15) is 5.06 Å². The minimum atomic E-state index is -0.241. The fourth-order valence-corrected chi connectivity index (χ4v) is 19.9. The number of fused-ring (bicyclic) bond motifs is 4. The van der Waals surface area contributed by atoms with Crippen molar-refractivity contribution in [2.45, 2.75) is 401 Å². The first-order valence-corrected chi connectivity index (χ1v) is 45.7. The molecule has 0 spiro atoms. The lowest BCUT2D eigenvalue weighted by atomic mass is 9.99. The zero-order chi connectivity index (χ0) is 76.5. The number of hydrogen-bond acceptors (Lipinski definition) is 15. The van der Waals surface area contributed by atoms with Gasteiger partial charge in [0.2, 0.25) is 0 Å². The van der Waals surface area contributed by atoms with Crippen molar-refractivity contribution < 1.29 is 9.23 Å². The van der Waals surface area contributed by atoms with Gasteiger partial charge < -0.3 is 49.4 Å². The molecule has 0 amide bonds. The van der Waals surface area contributed by atoms with Crippen molar-refractivity contribution in [1.82, 2.24) is 69.2 Å². The van der Waals surface area contributed by atoms with Crippen molar-refractivity contribution in [3.8, 4) is 0 Å². The van der Waals surface area contributed by atoms with Crippen LogP contribution in [0.25, 0.3) is 0 Å². The van der Waals surface area contributed by atoms with Gasteiger partial charge in [-0.15, -0.1) is 0 Å². The third-order valence-corrected chi connectivity index (χ3v) is 27.4. The van der Waals surface area contributed by atoms with E-state index in [1.54, 1.807) is 12.2 Å². The quantitative estimate of drug-likeness (QED) is 0.118. The van der Waals surface area contributed by atoms with E-state index in [2.05, 4.69) is 184 Å². The first-order chi connectivity index (χ1) is 50.2. The van der Waals surface area contributed by atoms with Gasteiger partial charge in [0.1, 0.15) is 6.67 Å². The van der Waals surface area contributed by atoms with E-state index in [4.69, 9.17) is 4.84 Å². The second kappa shape index (κ2) is 50.5. The van der Waals surface area contributed by atoms with Crippen LogP contribution in [0, 0.1) is 11.8 Å². The Morgan fingerprint density at radius 3 is 0.943 bits per heavy atom. The summed E-state index contributed by atoms with van der Waals surface area (Å²) in [6.07, 6.45) is 38.7. The zero-order valence-electron chi connectivity index (χ0n) is 73.7. The molecular formula is C89H181FN14O. The summed E-state index contributed by atoms with van der Waals surface area (Å²) in [5.41, 5.74) is 0. The second-order valence-electron chi connectivity index (χ2n) is 38.0. The Bertz CT molecular complexity index is 2050. The molecule has 11 aliphatic heterocycles. The topological polar surface area (TPSA) is 63.4 Å². The molecule has 4 bridgehead atoms. The highest BCUT2D eigenvalue weighted by Gasteiger charge is 2.40. The molecule has 15 nitrogen and oxygen atoms in total. The lowest BCUT2D eigenvalue weighted by Crippen LogP contribution is -2.48. The Kier molecular flexibility index (Phi) is 44.8. The Labute approximate surface area is 652 Å². The molecule has 105 heavy (non-hydrogen) atoms. The van der Waals surface area contributed by atoms with Gasteiger partial charge in [0.25, 0.3) is 0 Å². The van der Waals surface area contributed by atoms with Gasteiger partial charge in [0.05, 0.1) is 7.11 Å². The number of rotatable bonds is 20. The number of likely N-dealkylation sites (tertiary alicyclic amines) is 11. The average molecular weight is 1480 g/mol. The first kappa shape index (κ1) is 93.2. The summed E-state index contributed by atoms with van der Waals surface area (Å²) in [5, 5.41) is 5.52. The van der Waals surface area contributed by atoms with Gasteiger partial charge in [-0.25, -0.2) is 4.39 Å². The molecule has 16 heteroatoms. The van der Waals surface area contributed by atoms with Crippen LogP contribution in [-0.2, 0) is 4.84 Å². The van der Waals surface area contributed by atoms with Gasteiger partial charge in [0, 0.05) is 142 Å². The molecule has 620 valence electrons. The molecule has 6 atom stereocenters. The molecule has 0 radical (unpaired) electrons. The number of nitrogens with zero attached hydrogens (tertiary/aromatic N) is 13. The highest BCUT2D eigenvalue weighted by Crippen LogP contribution is 2.39. The van der Waals surface area contributed by atoms with Crippen molar-refractivity contribution in [1.29, 1.82) is 0 Å². The maximum atomic E-state index is 11.6. The Balaban J connectivity index is 0.000000187. The molecule has 0 aromatic heterocycles. The summed E-state index contributed by atoms with van der Waals surface area (Å²) in [4.78, 5) is 36.2. The molecule has 11 saturated heterocycles. The average Bonchev–Trinajstić information content (AvgIpc) is 1.67. The summed E-state index contributed by atoms with van der Waals surface area (Å²) in [6, 6.07) is 13.4. The molecule has 11 heterocycles. The normalized spacial score (nSPS) is 28.3. The van der Waals surface area contributed by atoms with Crippen molar-refractivity contribution in [3.63, 3.8) is 0 Å². The maximum absolute atomic E-state index is 11.6. The smallest absolute Gasteiger partial charge is 0.102 e. The Hall–Kier alpha value is -0.670. The lowest BCUT2D eigenvalue weighted by Gasteiger charge is -2.41. The largest absolute Gasteiger partial charge is 0.311 e. The molecule has 0 aromatic carbocycles. The first-order valence-electron chi connectivity index (χ1n) is 45.7. The molecule has 1 N–H and O–H groups in total. The van der Waals surface area contributed by atoms with E-state index in [1.807, 2.05) is 19.0 Å². The fraction of sp³-hybridized carbons (Fsp3) is 1.00. The van der Waals surface area contributed by atoms with E-state index in [0.29, 0.717) is 18.6 Å². The van der Waals surface area contributed by atoms with Crippen LogP contribution in [-0.4, -0.2) is 332 Å². The SMILES string of the molecule is CC(C)N(C)CCF.CC(C)N1CCC(N2CCCC2)CC1.CC(C)N1CCC(N2CCCCC2)CC1.CC(C)N1CCC(NC2CC2)CC1.CC(C)N1CCC[C@@H]1CN1CCCC1.CC(C)N1CCC[C@H]1CN1CCCC1.CC(C)N1C[C@@H]2CC[C@H]1C2.CC(C)N1C[C@H]2CC[C@@H]1C2.CON(C)C(C)C. The van der Waals surface area contributed by atoms with Gasteiger partial charge >= 0.3 is 0 Å². The van der Waals surface area contributed by atoms with Crippen molar-refractivity contribution in [3.05, 3.63) is 0 Å². The Morgan fingerprint density at radius 1 is 0.343 bits per heavy atom. The van der Waals surface area contributed by atoms with Crippen LogP contribution in [0.15, 0.2) is 0 Å². The maximum Gasteiger partial charge on any atom is 0.102 e. The van der Waals surface area contributed by atoms with Gasteiger partial charge in [-0.1, -0.05) is 6.42 Å². The summed E-state index contributed by atoms with van der Waals surface area (Å²) in [6.45, 7) is 67.9. The van der Waals surface area contributed by atoms with Gasteiger partial charge in [-0.3, -0.25) is 19.6 Å². The van der Waals surface area contributed by atoms with Crippen LogP contribution in [0.3, 0.4) is 0 Å². The molecule has 0 aromatic rings. The predicted molar refractivity (Wildman–Crippen MR) is 452 cm³/mol. The molecule has 3 saturated carbocycles. The van der Waals surface area contributed by atoms with E-state index in [1.165, 1.54) is 304 Å². The van der Waals surface area contributed by atoms with Crippen LogP contribution >= 0.6 is 0 Å². The van der Waals surface area contributed by atoms with E-state index in [0.717, 1.165) is 102 Å². The second-order valence-corrected chi connectivity index (χ2v) is 38.0. The van der Waals surface area contributed by atoms with E-state index < -0.39 is 0 Å². The van der Waals surface area contributed by atoms with E-state index in [-0.39, 0.29) is 6.67 Å². The fourth-order valence-electron chi connectivity index (χ4n) is 19.9. The highest BCUT2D eigenvalue weighted by molar-refractivity contribution is 4.95. The highest BCUT2D eigenvalue weighted by atomic mass is 19.1. The van der Waals surface area contributed by atoms with Crippen LogP contribution in [0.2, 0.25) is 0 Å². The van der Waals surface area contributed by atoms with Gasteiger partial charge in [0.15, 0.2) is 0 Å². The van der Waals surface area contributed by atoms with Crippen LogP contribution in [0.4, 0.5) is 4.39 Å². The molecule has 14 fully saturated rings. The van der Waals surface area contributed by atoms with Gasteiger partial charge in [-0.05, 0) is 415 Å². The summed E-state index contributed by atoms with van der Waals surface area (Å²) in [7, 11) is 5.49. The monoisotopic (exact) mass is 1480 g/mol. The number of halogens is 1. The lowest BCUT2D eigenvalue weighted by molar-refractivity contribution is -0.131. The third-order valence-electron chi connectivity index (χ3n) is 27.4. The van der Waals surface area contributed by atoms with Crippen LogP contribution in [0.1, 0.15) is 298 Å². The molecule has 3 aliphatic carbocycles. The van der Waals surface area contributed by atoms with Crippen LogP contribution in [0.5, 0.6) is 0 Å². The van der Waals surface area contributed by atoms with E-state index in [9.17, 15) is 4.39 Å². The minimum absolute atomic E-state index is 0.241. The predicted octanol–water partition coefficient (Wildman–Crippen LogP) is 15.8. The van der Waals surface area contributed by atoms with Crippen molar-refractivity contribution in [2.75, 3.05) is 165 Å². The summed E-state index contributed by atoms with van der Waals surface area (Å²) < 4.78 is 11.6. The van der Waals surface area contributed by atoms with Crippen molar-refractivity contribution in [2.24, 2.45) is 11.8 Å². The number of hydroxylamine groups is 2. The number of hydrogen-bond donors (Lipinski definition) is 1. The van der Waals surface area contributed by atoms with Crippen molar-refractivity contribution >= 4 is 0 Å². The number of nitrogens with one attached hydrogen (secondary N) is 1. The molecule has 14 rings (SSSR count).